The smallest absolute Gasteiger partial charge is 0.123 e. The van der Waals surface area contributed by atoms with E-state index >= 15 is 0 Å². The van der Waals surface area contributed by atoms with Crippen LogP contribution in [0.2, 0.25) is 0 Å². The van der Waals surface area contributed by atoms with Crippen LogP contribution in [-0.2, 0) is 6.42 Å². The molecular weight excluding hydrogens is 307 g/mol. The Morgan fingerprint density at radius 1 is 0.920 bits per heavy atom. The van der Waals surface area contributed by atoms with E-state index in [1.54, 1.807) is 12.1 Å². The summed E-state index contributed by atoms with van der Waals surface area (Å²) in [5.41, 5.74) is 7.81. The highest BCUT2D eigenvalue weighted by Crippen LogP contribution is 2.39. The van der Waals surface area contributed by atoms with E-state index in [1.807, 2.05) is 12.1 Å². The van der Waals surface area contributed by atoms with Crippen LogP contribution in [0, 0.1) is 12.7 Å². The fourth-order valence-electron chi connectivity index (χ4n) is 3.75. The molecule has 1 aliphatic rings. The average molecular weight is 328 g/mol. The van der Waals surface area contributed by atoms with Crippen LogP contribution in [-0.4, -0.2) is 0 Å². The van der Waals surface area contributed by atoms with Crippen molar-refractivity contribution in [3.63, 3.8) is 0 Å². The maximum atomic E-state index is 13.2. The molecule has 1 heteroatoms. The molecule has 0 saturated carbocycles. The Labute approximate surface area is 148 Å². The molecule has 0 radical (unpaired) electrons. The molecule has 0 saturated heterocycles. The van der Waals surface area contributed by atoms with Crippen molar-refractivity contribution in [1.29, 1.82) is 0 Å². The average Bonchev–Trinajstić information content (AvgIpc) is 2.64. The highest BCUT2D eigenvalue weighted by molar-refractivity contribution is 5.83. The summed E-state index contributed by atoms with van der Waals surface area (Å²) < 4.78 is 13.2. The van der Waals surface area contributed by atoms with E-state index in [0.29, 0.717) is 5.92 Å². The molecular formula is C24H21F. The van der Waals surface area contributed by atoms with Crippen LogP contribution in [0.25, 0.3) is 5.57 Å². The Morgan fingerprint density at radius 3 is 2.44 bits per heavy atom. The molecule has 124 valence electrons. The number of allylic oxidation sites excluding steroid dienone is 1. The van der Waals surface area contributed by atoms with Crippen LogP contribution < -0.4 is 0 Å². The monoisotopic (exact) mass is 328 g/mol. The standard InChI is InChI=1S/C24H21F/c1-17-7-13-23-22(19-5-3-2-4-6-19)14-10-20(24(23)15-17)16-18-8-11-21(25)12-9-18/h2-9,11-15,20H,10,16H2,1H3. The third-order valence-electron chi connectivity index (χ3n) is 5.02. The van der Waals surface area contributed by atoms with Gasteiger partial charge in [0, 0.05) is 0 Å². The molecule has 0 aliphatic heterocycles. The Hall–Kier alpha value is -2.67. The number of halogens is 1. The maximum Gasteiger partial charge on any atom is 0.123 e. The molecule has 3 aromatic rings. The molecule has 25 heavy (non-hydrogen) atoms. The second-order valence-corrected chi connectivity index (χ2v) is 6.84. The van der Waals surface area contributed by atoms with Gasteiger partial charge < -0.3 is 0 Å². The fraction of sp³-hybridized carbons (Fsp3) is 0.167. The van der Waals surface area contributed by atoms with E-state index in [2.05, 4.69) is 61.5 Å². The number of aryl methyl sites for hydroxylation is 1. The van der Waals surface area contributed by atoms with Crippen molar-refractivity contribution in [3.8, 4) is 0 Å². The van der Waals surface area contributed by atoms with Gasteiger partial charge in [-0.05, 0) is 65.6 Å². The van der Waals surface area contributed by atoms with Gasteiger partial charge >= 0.3 is 0 Å². The van der Waals surface area contributed by atoms with E-state index in [0.717, 1.165) is 12.8 Å². The van der Waals surface area contributed by atoms with Crippen molar-refractivity contribution >= 4 is 5.57 Å². The Bertz CT molecular complexity index is 905. The van der Waals surface area contributed by atoms with Crippen molar-refractivity contribution in [2.45, 2.75) is 25.7 Å². The van der Waals surface area contributed by atoms with Crippen LogP contribution in [0.3, 0.4) is 0 Å². The number of hydrogen-bond acceptors (Lipinski definition) is 0. The largest absolute Gasteiger partial charge is 0.207 e. The Kier molecular flexibility index (Phi) is 4.23. The lowest BCUT2D eigenvalue weighted by atomic mass is 9.77. The second kappa shape index (κ2) is 6.68. The zero-order valence-corrected chi connectivity index (χ0v) is 14.4. The number of rotatable bonds is 3. The maximum absolute atomic E-state index is 13.2. The van der Waals surface area contributed by atoms with E-state index < -0.39 is 0 Å². The summed E-state index contributed by atoms with van der Waals surface area (Å²) in [5.74, 6) is 0.266. The number of fused-ring (bicyclic) bond motifs is 1. The summed E-state index contributed by atoms with van der Waals surface area (Å²) in [6.45, 7) is 2.15. The van der Waals surface area contributed by atoms with Crippen molar-refractivity contribution in [1.82, 2.24) is 0 Å². The number of benzene rings is 3. The Balaban J connectivity index is 1.72. The van der Waals surface area contributed by atoms with Crippen LogP contribution >= 0.6 is 0 Å². The van der Waals surface area contributed by atoms with Crippen molar-refractivity contribution in [3.05, 3.63) is 113 Å². The number of hydrogen-bond donors (Lipinski definition) is 0. The van der Waals surface area contributed by atoms with Gasteiger partial charge in [0.2, 0.25) is 0 Å². The highest BCUT2D eigenvalue weighted by atomic mass is 19.1. The van der Waals surface area contributed by atoms with Gasteiger partial charge in [-0.25, -0.2) is 4.39 Å². The molecule has 0 spiro atoms. The van der Waals surface area contributed by atoms with Crippen LogP contribution in [0.4, 0.5) is 4.39 Å². The predicted octanol–water partition coefficient (Wildman–Crippen LogP) is 6.30. The lowest BCUT2D eigenvalue weighted by molar-refractivity contribution is 0.624. The zero-order chi connectivity index (χ0) is 17.2. The first-order valence-corrected chi connectivity index (χ1v) is 8.81. The molecule has 0 fully saturated rings. The van der Waals surface area contributed by atoms with Crippen molar-refractivity contribution < 1.29 is 4.39 Å². The normalized spacial score (nSPS) is 16.2. The third kappa shape index (κ3) is 3.28. The summed E-state index contributed by atoms with van der Waals surface area (Å²) in [6.07, 6.45) is 4.31. The van der Waals surface area contributed by atoms with Gasteiger partial charge in [0.05, 0.1) is 0 Å². The van der Waals surface area contributed by atoms with Crippen LogP contribution in [0.1, 0.15) is 40.2 Å². The predicted molar refractivity (Wildman–Crippen MR) is 102 cm³/mol. The molecule has 0 bridgehead atoms. The topological polar surface area (TPSA) is 0 Å². The second-order valence-electron chi connectivity index (χ2n) is 6.84. The molecule has 0 amide bonds. The van der Waals surface area contributed by atoms with Gasteiger partial charge in [0.15, 0.2) is 0 Å². The minimum absolute atomic E-state index is 0.171. The molecule has 3 aromatic carbocycles. The summed E-state index contributed by atoms with van der Waals surface area (Å²) in [4.78, 5) is 0. The molecule has 0 nitrogen and oxygen atoms in total. The first kappa shape index (κ1) is 15.8. The molecule has 0 N–H and O–H groups in total. The lowest BCUT2D eigenvalue weighted by Crippen LogP contribution is -2.11. The summed E-state index contributed by atoms with van der Waals surface area (Å²) >= 11 is 0. The van der Waals surface area contributed by atoms with Gasteiger partial charge in [-0.3, -0.25) is 0 Å². The zero-order valence-electron chi connectivity index (χ0n) is 14.4. The van der Waals surface area contributed by atoms with Gasteiger partial charge in [-0.2, -0.15) is 0 Å². The molecule has 0 heterocycles. The van der Waals surface area contributed by atoms with E-state index in [9.17, 15) is 4.39 Å². The van der Waals surface area contributed by atoms with E-state index in [-0.39, 0.29) is 5.82 Å². The van der Waals surface area contributed by atoms with Crippen LogP contribution in [0.15, 0.2) is 78.9 Å². The van der Waals surface area contributed by atoms with Gasteiger partial charge in [0.1, 0.15) is 5.82 Å². The van der Waals surface area contributed by atoms with Gasteiger partial charge in [-0.1, -0.05) is 72.3 Å². The lowest BCUT2D eigenvalue weighted by Gasteiger charge is -2.27. The van der Waals surface area contributed by atoms with Crippen molar-refractivity contribution in [2.75, 3.05) is 0 Å². The quantitative estimate of drug-likeness (QED) is 0.529. The molecule has 1 unspecified atom stereocenters. The van der Waals surface area contributed by atoms with Crippen LogP contribution in [0.5, 0.6) is 0 Å². The Morgan fingerprint density at radius 2 is 1.68 bits per heavy atom. The summed E-state index contributed by atoms with van der Waals surface area (Å²) in [7, 11) is 0. The highest BCUT2D eigenvalue weighted by Gasteiger charge is 2.22. The van der Waals surface area contributed by atoms with E-state index in [4.69, 9.17) is 0 Å². The first-order chi connectivity index (χ1) is 12.2. The van der Waals surface area contributed by atoms with E-state index in [1.165, 1.54) is 33.4 Å². The SMILES string of the molecule is Cc1ccc2c(c1)C(Cc1ccc(F)cc1)CC=C2c1ccccc1. The molecule has 1 aliphatic carbocycles. The molecule has 1 atom stereocenters. The fourth-order valence-corrected chi connectivity index (χ4v) is 3.75. The first-order valence-electron chi connectivity index (χ1n) is 8.81. The third-order valence-corrected chi connectivity index (χ3v) is 5.02. The molecule has 4 rings (SSSR count). The van der Waals surface area contributed by atoms with Crippen molar-refractivity contribution in [2.24, 2.45) is 0 Å². The van der Waals surface area contributed by atoms with Gasteiger partial charge in [-0.15, -0.1) is 0 Å². The minimum atomic E-state index is -0.171. The minimum Gasteiger partial charge on any atom is -0.207 e. The summed E-state index contributed by atoms with van der Waals surface area (Å²) in [6, 6.07) is 24.3. The molecule has 0 aromatic heterocycles. The summed E-state index contributed by atoms with van der Waals surface area (Å²) in [5, 5.41) is 0. The van der Waals surface area contributed by atoms with Gasteiger partial charge in [0.25, 0.3) is 0 Å².